The summed E-state index contributed by atoms with van der Waals surface area (Å²) in [6, 6.07) is 2.38. The van der Waals surface area contributed by atoms with Crippen LogP contribution in [-0.2, 0) is 0 Å². The number of nitrogens with zero attached hydrogens (tertiary/aromatic N) is 1. The van der Waals surface area contributed by atoms with Crippen molar-refractivity contribution >= 4 is 11.8 Å². The van der Waals surface area contributed by atoms with Crippen molar-refractivity contribution in [1.29, 1.82) is 0 Å². The first-order chi connectivity index (χ1) is 8.00. The molecule has 0 fully saturated rings. The third-order valence-corrected chi connectivity index (χ3v) is 2.08. The van der Waals surface area contributed by atoms with Gasteiger partial charge in [-0.3, -0.25) is 14.9 Å². The Labute approximate surface area is 97.6 Å². The van der Waals surface area contributed by atoms with Crippen LogP contribution in [0.1, 0.15) is 30.3 Å². The Morgan fingerprint density at radius 3 is 2.88 bits per heavy atom. The second-order valence-electron chi connectivity index (χ2n) is 3.64. The van der Waals surface area contributed by atoms with Crippen molar-refractivity contribution < 1.29 is 19.2 Å². The molecule has 1 heterocycles. The Morgan fingerprint density at radius 2 is 2.35 bits per heavy atom. The third-order valence-electron chi connectivity index (χ3n) is 2.08. The highest BCUT2D eigenvalue weighted by atomic mass is 16.6. The Bertz CT molecular complexity index is 399. The molecule has 0 spiro atoms. The first kappa shape index (κ1) is 13.2. The van der Waals surface area contributed by atoms with Gasteiger partial charge in [0.15, 0.2) is 5.76 Å². The van der Waals surface area contributed by atoms with Gasteiger partial charge in [-0.15, -0.1) is 0 Å². The minimum atomic E-state index is -0.704. The fourth-order valence-electron chi connectivity index (χ4n) is 1.23. The van der Waals surface area contributed by atoms with Crippen molar-refractivity contribution in [2.45, 2.75) is 25.9 Å². The van der Waals surface area contributed by atoms with Crippen molar-refractivity contribution in [3.63, 3.8) is 0 Å². The average molecular weight is 242 g/mol. The van der Waals surface area contributed by atoms with Crippen LogP contribution in [0.25, 0.3) is 0 Å². The topological polar surface area (TPSA) is 106 Å². The van der Waals surface area contributed by atoms with Gasteiger partial charge in [0.2, 0.25) is 0 Å². The molecule has 1 unspecified atom stereocenters. The molecule has 17 heavy (non-hydrogen) atoms. The molecule has 0 aliphatic carbocycles. The molecule has 0 bridgehead atoms. The molecule has 1 amide bonds. The Kier molecular flexibility index (Phi) is 4.65. The summed E-state index contributed by atoms with van der Waals surface area (Å²) in [5.41, 5.74) is 0. The van der Waals surface area contributed by atoms with Gasteiger partial charge < -0.3 is 14.8 Å². The van der Waals surface area contributed by atoms with Gasteiger partial charge in [0.1, 0.15) is 4.92 Å². The van der Waals surface area contributed by atoms with E-state index < -0.39 is 22.8 Å². The quantitative estimate of drug-likeness (QED) is 0.441. The van der Waals surface area contributed by atoms with Crippen molar-refractivity contribution in [1.82, 2.24) is 5.32 Å². The van der Waals surface area contributed by atoms with Crippen LogP contribution in [0.5, 0.6) is 0 Å². The number of nitro groups is 1. The summed E-state index contributed by atoms with van der Waals surface area (Å²) >= 11 is 0. The average Bonchev–Trinajstić information content (AvgIpc) is 2.73. The fraction of sp³-hybridized carbons (Fsp3) is 0.500. The van der Waals surface area contributed by atoms with Crippen LogP contribution in [0, 0.1) is 10.1 Å². The highest BCUT2D eigenvalue weighted by molar-refractivity contribution is 5.91. The van der Waals surface area contributed by atoms with E-state index in [1.165, 1.54) is 6.07 Å². The van der Waals surface area contributed by atoms with Crippen LogP contribution < -0.4 is 5.32 Å². The number of aliphatic hydroxyl groups excluding tert-OH is 1. The predicted molar refractivity (Wildman–Crippen MR) is 58.6 cm³/mol. The molecule has 2 N–H and O–H groups in total. The molecular weight excluding hydrogens is 228 g/mol. The van der Waals surface area contributed by atoms with Gasteiger partial charge in [-0.05, 0) is 25.8 Å². The van der Waals surface area contributed by atoms with Gasteiger partial charge in [0, 0.05) is 6.54 Å². The molecular formula is C10H14N2O5. The number of amides is 1. The largest absolute Gasteiger partial charge is 0.433 e. The smallest absolute Gasteiger partial charge is 0.395 e. The zero-order valence-corrected chi connectivity index (χ0v) is 9.38. The molecule has 1 rings (SSSR count). The lowest BCUT2D eigenvalue weighted by atomic mass is 10.2. The summed E-state index contributed by atoms with van der Waals surface area (Å²) in [4.78, 5) is 21.1. The maximum absolute atomic E-state index is 11.4. The maximum atomic E-state index is 11.4. The lowest BCUT2D eigenvalue weighted by Crippen LogP contribution is -2.24. The van der Waals surface area contributed by atoms with Gasteiger partial charge in [-0.25, -0.2) is 0 Å². The summed E-state index contributed by atoms with van der Waals surface area (Å²) in [6.07, 6.45) is 0.807. The number of hydrogen-bond donors (Lipinski definition) is 2. The van der Waals surface area contributed by atoms with Crippen LogP contribution >= 0.6 is 0 Å². The van der Waals surface area contributed by atoms with Crippen molar-refractivity contribution in [2.75, 3.05) is 6.54 Å². The summed E-state index contributed by atoms with van der Waals surface area (Å²) in [5, 5.41) is 21.9. The monoisotopic (exact) mass is 242 g/mol. The zero-order chi connectivity index (χ0) is 12.8. The highest BCUT2D eigenvalue weighted by Gasteiger charge is 2.16. The summed E-state index contributed by atoms with van der Waals surface area (Å²) < 4.78 is 4.72. The molecule has 0 aromatic carbocycles. The highest BCUT2D eigenvalue weighted by Crippen LogP contribution is 2.15. The molecule has 0 aliphatic rings. The molecule has 0 saturated heterocycles. The fourth-order valence-corrected chi connectivity index (χ4v) is 1.23. The number of nitrogens with one attached hydrogen (secondary N) is 1. The van der Waals surface area contributed by atoms with E-state index >= 15 is 0 Å². The molecule has 0 radical (unpaired) electrons. The molecule has 1 aromatic heterocycles. The van der Waals surface area contributed by atoms with Crippen LogP contribution in [0.2, 0.25) is 0 Å². The van der Waals surface area contributed by atoms with E-state index in [1.807, 2.05) is 0 Å². The van der Waals surface area contributed by atoms with Crippen LogP contribution in [-0.4, -0.2) is 28.6 Å². The van der Waals surface area contributed by atoms with E-state index in [-0.39, 0.29) is 5.76 Å². The van der Waals surface area contributed by atoms with E-state index in [0.29, 0.717) is 19.4 Å². The number of rotatable bonds is 6. The van der Waals surface area contributed by atoms with Crippen LogP contribution in [0.15, 0.2) is 16.5 Å². The van der Waals surface area contributed by atoms with Crippen LogP contribution in [0.3, 0.4) is 0 Å². The van der Waals surface area contributed by atoms with E-state index in [1.54, 1.807) is 6.92 Å². The SMILES string of the molecule is CC(O)CCCNC(=O)c1ccc([N+](=O)[O-])o1. The van der Waals surface area contributed by atoms with Crippen molar-refractivity contribution in [3.8, 4) is 0 Å². The molecule has 1 aromatic rings. The van der Waals surface area contributed by atoms with Gasteiger partial charge in [0.05, 0.1) is 12.2 Å². The Morgan fingerprint density at radius 1 is 1.65 bits per heavy atom. The first-order valence-electron chi connectivity index (χ1n) is 5.21. The van der Waals surface area contributed by atoms with Gasteiger partial charge in [-0.1, -0.05) is 0 Å². The number of furan rings is 1. The number of hydrogen-bond acceptors (Lipinski definition) is 5. The van der Waals surface area contributed by atoms with Gasteiger partial charge in [-0.2, -0.15) is 0 Å². The Hall–Kier alpha value is -1.89. The Balaban J connectivity index is 2.39. The number of carbonyl (C=O) groups is 1. The molecule has 0 saturated carbocycles. The van der Waals surface area contributed by atoms with E-state index in [9.17, 15) is 14.9 Å². The number of carbonyl (C=O) groups excluding carboxylic acids is 1. The second-order valence-corrected chi connectivity index (χ2v) is 3.64. The van der Waals surface area contributed by atoms with Gasteiger partial charge >= 0.3 is 5.88 Å². The third kappa shape index (κ3) is 4.23. The number of aliphatic hydroxyl groups is 1. The standard InChI is InChI=1S/C10H14N2O5/c1-7(13)3-2-6-11-10(14)8-4-5-9(17-8)12(15)16/h4-5,7,13H,2-3,6H2,1H3,(H,11,14). The normalized spacial score (nSPS) is 12.1. The maximum Gasteiger partial charge on any atom is 0.433 e. The summed E-state index contributed by atoms with van der Waals surface area (Å²) in [6.45, 7) is 2.05. The molecule has 7 heteroatoms. The predicted octanol–water partition coefficient (Wildman–Crippen LogP) is 1.08. The lowest BCUT2D eigenvalue weighted by molar-refractivity contribution is -0.402. The van der Waals surface area contributed by atoms with E-state index in [2.05, 4.69) is 5.32 Å². The zero-order valence-electron chi connectivity index (χ0n) is 9.38. The molecule has 94 valence electrons. The summed E-state index contributed by atoms with van der Waals surface area (Å²) in [7, 11) is 0. The molecule has 7 nitrogen and oxygen atoms in total. The van der Waals surface area contributed by atoms with E-state index in [4.69, 9.17) is 9.52 Å². The minimum Gasteiger partial charge on any atom is -0.395 e. The first-order valence-corrected chi connectivity index (χ1v) is 5.21. The lowest BCUT2D eigenvalue weighted by Gasteiger charge is -2.04. The van der Waals surface area contributed by atoms with Crippen molar-refractivity contribution in [2.24, 2.45) is 0 Å². The molecule has 1 atom stereocenters. The molecule has 0 aliphatic heterocycles. The minimum absolute atomic E-state index is 0.0891. The van der Waals surface area contributed by atoms with Crippen LogP contribution in [0.4, 0.5) is 5.88 Å². The van der Waals surface area contributed by atoms with Gasteiger partial charge in [0.25, 0.3) is 5.91 Å². The van der Waals surface area contributed by atoms with Crippen molar-refractivity contribution in [3.05, 3.63) is 28.0 Å². The summed E-state index contributed by atoms with van der Waals surface area (Å²) in [5.74, 6) is -1.04. The second kappa shape index (κ2) is 6.00. The van der Waals surface area contributed by atoms with E-state index in [0.717, 1.165) is 6.07 Å².